The maximum atomic E-state index is 6.22. The van der Waals surface area contributed by atoms with E-state index in [0.717, 1.165) is 13.1 Å². The molecule has 124 valence electrons. The fourth-order valence-corrected chi connectivity index (χ4v) is 4.44. The van der Waals surface area contributed by atoms with E-state index in [9.17, 15) is 0 Å². The third-order valence-electron chi connectivity index (χ3n) is 4.01. The molecule has 0 saturated heterocycles. The van der Waals surface area contributed by atoms with Crippen LogP contribution in [0.4, 0.5) is 0 Å². The molecule has 0 unspecified atom stereocenters. The minimum atomic E-state index is -0.985. The molecular formula is C16H25Cl2IN2Si. The average Bonchev–Trinajstić information content (AvgIpc) is 2.61. The SMILES string of the molecule is CC[n+]1c(C)n(CCC[Si](C)(C)C)c2cc(Cl)c(Cl)cc21.[I-]. The first-order valence-electron chi connectivity index (χ1n) is 7.62. The van der Waals surface area contributed by atoms with Gasteiger partial charge in [0.1, 0.15) is 0 Å². The molecule has 0 amide bonds. The smallest absolute Gasteiger partial charge is 0.254 e. The third-order valence-corrected chi connectivity index (χ3v) is 6.58. The van der Waals surface area contributed by atoms with Crippen molar-refractivity contribution in [3.8, 4) is 0 Å². The molecule has 0 saturated carbocycles. The molecule has 2 nitrogen and oxygen atoms in total. The van der Waals surface area contributed by atoms with Gasteiger partial charge in [0.05, 0.1) is 23.1 Å². The van der Waals surface area contributed by atoms with Crippen LogP contribution in [0, 0.1) is 6.92 Å². The lowest BCUT2D eigenvalue weighted by molar-refractivity contribution is -0.675. The first kappa shape index (κ1) is 20.3. The van der Waals surface area contributed by atoms with Crippen molar-refractivity contribution >= 4 is 42.3 Å². The molecule has 0 radical (unpaired) electrons. The summed E-state index contributed by atoms with van der Waals surface area (Å²) in [6.45, 7) is 13.6. The normalized spacial score (nSPS) is 11.8. The van der Waals surface area contributed by atoms with Crippen molar-refractivity contribution in [2.24, 2.45) is 0 Å². The quantitative estimate of drug-likeness (QED) is 0.360. The summed E-state index contributed by atoms with van der Waals surface area (Å²) in [6.07, 6.45) is 1.23. The number of nitrogens with zero attached hydrogens (tertiary/aromatic N) is 2. The molecule has 0 atom stereocenters. The molecule has 0 aliphatic carbocycles. The monoisotopic (exact) mass is 470 g/mol. The Morgan fingerprint density at radius 1 is 1.14 bits per heavy atom. The second-order valence-corrected chi connectivity index (χ2v) is 13.3. The van der Waals surface area contributed by atoms with Crippen molar-refractivity contribution in [1.82, 2.24) is 4.57 Å². The number of rotatable bonds is 5. The minimum absolute atomic E-state index is 0. The van der Waals surface area contributed by atoms with Crippen molar-refractivity contribution in [3.05, 3.63) is 28.0 Å². The van der Waals surface area contributed by atoms with Crippen LogP contribution in [-0.4, -0.2) is 12.6 Å². The molecule has 1 aromatic carbocycles. The molecule has 1 heterocycles. The van der Waals surface area contributed by atoms with Crippen LogP contribution in [0.15, 0.2) is 12.1 Å². The largest absolute Gasteiger partial charge is 1.00 e. The molecule has 22 heavy (non-hydrogen) atoms. The van der Waals surface area contributed by atoms with Crippen LogP contribution < -0.4 is 28.5 Å². The van der Waals surface area contributed by atoms with Crippen molar-refractivity contribution in [2.75, 3.05) is 0 Å². The summed E-state index contributed by atoms with van der Waals surface area (Å²) in [6, 6.07) is 5.34. The molecule has 0 aliphatic rings. The Hall–Kier alpha value is 0.217. The van der Waals surface area contributed by atoms with E-state index in [1.54, 1.807) is 0 Å². The van der Waals surface area contributed by atoms with Crippen molar-refractivity contribution < 1.29 is 28.5 Å². The highest BCUT2D eigenvalue weighted by molar-refractivity contribution is 6.76. The van der Waals surface area contributed by atoms with E-state index in [1.807, 2.05) is 12.1 Å². The molecule has 0 bridgehead atoms. The molecule has 0 spiro atoms. The van der Waals surface area contributed by atoms with E-state index < -0.39 is 8.07 Å². The number of halogens is 3. The van der Waals surface area contributed by atoms with Gasteiger partial charge in [-0.2, -0.15) is 0 Å². The van der Waals surface area contributed by atoms with Crippen LogP contribution in [0.1, 0.15) is 19.2 Å². The number of fused-ring (bicyclic) bond motifs is 1. The predicted octanol–water partition coefficient (Wildman–Crippen LogP) is 2.30. The summed E-state index contributed by atoms with van der Waals surface area (Å²) in [7, 11) is -0.985. The summed E-state index contributed by atoms with van der Waals surface area (Å²) in [5.41, 5.74) is 2.37. The topological polar surface area (TPSA) is 8.81 Å². The molecule has 0 N–H and O–H groups in total. The van der Waals surface area contributed by atoms with E-state index in [0.29, 0.717) is 10.0 Å². The van der Waals surface area contributed by atoms with Crippen molar-refractivity contribution in [3.63, 3.8) is 0 Å². The van der Waals surface area contributed by atoms with Gasteiger partial charge in [0.15, 0.2) is 11.0 Å². The first-order valence-corrected chi connectivity index (χ1v) is 12.1. The Bertz CT molecular complexity index is 662. The lowest BCUT2D eigenvalue weighted by Gasteiger charge is -2.14. The van der Waals surface area contributed by atoms with Gasteiger partial charge < -0.3 is 24.0 Å². The van der Waals surface area contributed by atoms with E-state index in [4.69, 9.17) is 23.2 Å². The van der Waals surface area contributed by atoms with Crippen molar-refractivity contribution in [2.45, 2.75) is 59.0 Å². The number of benzene rings is 1. The van der Waals surface area contributed by atoms with Gasteiger partial charge in [-0.25, -0.2) is 9.13 Å². The second-order valence-electron chi connectivity index (χ2n) is 6.86. The lowest BCUT2D eigenvalue weighted by atomic mass is 10.3. The summed E-state index contributed by atoms with van der Waals surface area (Å²) in [4.78, 5) is 0. The van der Waals surface area contributed by atoms with Crippen LogP contribution in [0.25, 0.3) is 11.0 Å². The maximum Gasteiger partial charge on any atom is 0.254 e. The van der Waals surface area contributed by atoms with E-state index in [1.165, 1.54) is 29.3 Å². The van der Waals surface area contributed by atoms with Gasteiger partial charge in [0, 0.05) is 27.1 Å². The molecule has 0 fully saturated rings. The number of aromatic nitrogens is 2. The Kier molecular flexibility index (Phi) is 7.24. The molecular weight excluding hydrogens is 446 g/mol. The highest BCUT2D eigenvalue weighted by atomic mass is 127. The lowest BCUT2D eigenvalue weighted by Crippen LogP contribution is -3.00. The molecule has 6 heteroatoms. The van der Waals surface area contributed by atoms with Gasteiger partial charge in [-0.15, -0.1) is 0 Å². The predicted molar refractivity (Wildman–Crippen MR) is 95.3 cm³/mol. The summed E-state index contributed by atoms with van der Waals surface area (Å²) in [5, 5.41) is 1.27. The maximum absolute atomic E-state index is 6.22. The fraction of sp³-hybridized carbons (Fsp3) is 0.562. The fourth-order valence-electron chi connectivity index (χ4n) is 2.90. The zero-order chi connectivity index (χ0) is 15.8. The van der Waals surface area contributed by atoms with Crippen molar-refractivity contribution in [1.29, 1.82) is 0 Å². The Balaban J connectivity index is 0.00000242. The molecule has 2 aromatic rings. The Morgan fingerprint density at radius 3 is 2.27 bits per heavy atom. The summed E-state index contributed by atoms with van der Waals surface area (Å²) < 4.78 is 4.70. The van der Waals surface area contributed by atoms with Gasteiger partial charge >= 0.3 is 0 Å². The number of hydrogen-bond donors (Lipinski definition) is 0. The first-order chi connectivity index (χ1) is 9.74. The van der Waals surface area contributed by atoms with Crippen LogP contribution >= 0.6 is 23.2 Å². The van der Waals surface area contributed by atoms with E-state index >= 15 is 0 Å². The van der Waals surface area contributed by atoms with E-state index in [2.05, 4.69) is 42.6 Å². The Morgan fingerprint density at radius 2 is 1.73 bits per heavy atom. The number of imidazole rings is 1. The van der Waals surface area contributed by atoms with Gasteiger partial charge in [-0.3, -0.25) is 0 Å². The summed E-state index contributed by atoms with van der Waals surface area (Å²) >= 11 is 12.4. The van der Waals surface area contributed by atoms with Crippen LogP contribution in [0.3, 0.4) is 0 Å². The standard InChI is InChI=1S/C16H25Cl2N2Si.HI/c1-6-19-12(2)20(8-7-9-21(3,4)5)16-11-14(18)13(17)10-15(16)19;/h10-11H,6-9H2,1-5H3;1H/q+1;/p-1. The van der Waals surface area contributed by atoms with Gasteiger partial charge in [-0.05, 0) is 13.3 Å². The average molecular weight is 471 g/mol. The second kappa shape index (κ2) is 7.86. The highest BCUT2D eigenvalue weighted by Gasteiger charge is 2.22. The third kappa shape index (κ3) is 4.39. The number of aryl methyl sites for hydroxylation is 2. The number of hydrogen-bond acceptors (Lipinski definition) is 0. The molecule has 1 aromatic heterocycles. The van der Waals surface area contributed by atoms with Gasteiger partial charge in [0.25, 0.3) is 5.82 Å². The minimum Gasteiger partial charge on any atom is -1.00 e. The zero-order valence-corrected chi connectivity index (χ0v) is 18.7. The summed E-state index contributed by atoms with van der Waals surface area (Å²) in [5.74, 6) is 1.28. The van der Waals surface area contributed by atoms with E-state index in [-0.39, 0.29) is 24.0 Å². The van der Waals surface area contributed by atoms with Gasteiger partial charge in [-0.1, -0.05) is 48.9 Å². The molecule has 2 rings (SSSR count). The van der Waals surface area contributed by atoms with Crippen LogP contribution in [0.5, 0.6) is 0 Å². The zero-order valence-electron chi connectivity index (χ0n) is 14.0. The molecule has 0 aliphatic heterocycles. The van der Waals surface area contributed by atoms with Crippen LogP contribution in [-0.2, 0) is 13.1 Å². The Labute approximate surface area is 161 Å². The van der Waals surface area contributed by atoms with Crippen LogP contribution in [0.2, 0.25) is 35.7 Å². The highest BCUT2D eigenvalue weighted by Crippen LogP contribution is 2.28. The van der Waals surface area contributed by atoms with Gasteiger partial charge in [0.2, 0.25) is 0 Å².